The number of nitrogens with zero attached hydrogens (tertiary/aromatic N) is 5. The van der Waals surface area contributed by atoms with Crippen molar-refractivity contribution < 1.29 is 18.0 Å². The van der Waals surface area contributed by atoms with Crippen molar-refractivity contribution in [2.24, 2.45) is 0 Å². The highest BCUT2D eigenvalue weighted by Gasteiger charge is 2.33. The second-order valence-electron chi connectivity index (χ2n) is 4.92. The first-order valence-electron chi connectivity index (χ1n) is 6.88. The number of nitrogens with one attached hydrogen (secondary N) is 1. The van der Waals surface area contributed by atoms with Crippen LogP contribution in [0.1, 0.15) is 5.69 Å². The first kappa shape index (κ1) is 17.0. The van der Waals surface area contributed by atoms with Gasteiger partial charge in [-0.05, 0) is 18.2 Å². The van der Waals surface area contributed by atoms with Gasteiger partial charge in [-0.15, -0.1) is 0 Å². The van der Waals surface area contributed by atoms with Crippen LogP contribution >= 0.6 is 11.6 Å². The van der Waals surface area contributed by atoms with E-state index in [2.05, 4.69) is 20.5 Å². The van der Waals surface area contributed by atoms with Crippen LogP contribution < -0.4 is 5.32 Å². The lowest BCUT2D eigenvalue weighted by Gasteiger charge is -2.12. The smallest absolute Gasteiger partial charge is 0.323 e. The Balaban J connectivity index is 1.78. The van der Waals surface area contributed by atoms with E-state index in [1.54, 1.807) is 18.2 Å². The lowest BCUT2D eigenvalue weighted by Crippen LogP contribution is -2.20. The van der Waals surface area contributed by atoms with E-state index < -0.39 is 17.8 Å². The number of carbonyl (C=O) groups is 1. The van der Waals surface area contributed by atoms with Crippen LogP contribution in [-0.2, 0) is 17.5 Å². The fourth-order valence-corrected chi connectivity index (χ4v) is 2.37. The molecule has 0 unspecified atom stereocenters. The van der Waals surface area contributed by atoms with Crippen LogP contribution in [0.25, 0.3) is 5.69 Å². The summed E-state index contributed by atoms with van der Waals surface area (Å²) in [7, 11) is 0. The topological polar surface area (TPSA) is 77.6 Å². The number of para-hydroxylation sites is 1. The Labute approximate surface area is 144 Å². The summed E-state index contributed by atoms with van der Waals surface area (Å²) in [5, 5.41) is 10.2. The molecule has 3 rings (SSSR count). The van der Waals surface area contributed by atoms with Crippen LogP contribution in [0.4, 0.5) is 18.9 Å². The Morgan fingerprint density at radius 2 is 2.08 bits per heavy atom. The molecule has 0 aliphatic heterocycles. The normalized spacial score (nSPS) is 11.5. The van der Waals surface area contributed by atoms with Crippen LogP contribution in [0.15, 0.2) is 43.1 Å². The van der Waals surface area contributed by atoms with E-state index in [1.165, 1.54) is 17.3 Å². The molecule has 2 heterocycles. The number of hydrogen-bond donors (Lipinski definition) is 1. The van der Waals surface area contributed by atoms with Crippen LogP contribution in [-0.4, -0.2) is 30.5 Å². The standard InChI is InChI=1S/C14H10ClF3N6O/c15-9-2-1-3-10(13(9)24-8-19-7-20-24)21-12(25)6-23-5-4-11(22-23)14(16,17)18/h1-5,7-8H,6H2,(H,21,25). The van der Waals surface area contributed by atoms with E-state index in [0.29, 0.717) is 16.4 Å². The summed E-state index contributed by atoms with van der Waals surface area (Å²) >= 11 is 6.14. The van der Waals surface area contributed by atoms with Gasteiger partial charge in [-0.1, -0.05) is 17.7 Å². The number of anilines is 1. The molecule has 0 aliphatic carbocycles. The van der Waals surface area contributed by atoms with E-state index in [1.807, 2.05) is 0 Å². The summed E-state index contributed by atoms with van der Waals surface area (Å²) < 4.78 is 39.9. The van der Waals surface area contributed by atoms with Gasteiger partial charge in [0, 0.05) is 6.20 Å². The third kappa shape index (κ3) is 3.79. The predicted molar refractivity (Wildman–Crippen MR) is 82.2 cm³/mol. The van der Waals surface area contributed by atoms with Gasteiger partial charge in [-0.2, -0.15) is 23.4 Å². The first-order valence-corrected chi connectivity index (χ1v) is 7.26. The molecule has 25 heavy (non-hydrogen) atoms. The van der Waals surface area contributed by atoms with Gasteiger partial charge in [0.1, 0.15) is 24.9 Å². The highest BCUT2D eigenvalue weighted by Crippen LogP contribution is 2.28. The minimum absolute atomic E-state index is 0.321. The average Bonchev–Trinajstić information content (AvgIpc) is 3.18. The van der Waals surface area contributed by atoms with Crippen molar-refractivity contribution in [3.8, 4) is 5.69 Å². The number of rotatable bonds is 4. The third-order valence-corrected chi connectivity index (χ3v) is 3.45. The van der Waals surface area contributed by atoms with Crippen molar-refractivity contribution in [2.45, 2.75) is 12.7 Å². The second-order valence-corrected chi connectivity index (χ2v) is 5.33. The number of halogens is 4. The Bertz CT molecular complexity index is 890. The molecule has 1 amide bonds. The molecule has 1 N–H and O–H groups in total. The van der Waals surface area contributed by atoms with E-state index >= 15 is 0 Å². The Kier molecular flexibility index (Phi) is 4.45. The highest BCUT2D eigenvalue weighted by atomic mass is 35.5. The van der Waals surface area contributed by atoms with E-state index in [0.717, 1.165) is 16.9 Å². The summed E-state index contributed by atoms with van der Waals surface area (Å²) in [5.41, 5.74) is -0.330. The third-order valence-electron chi connectivity index (χ3n) is 3.15. The van der Waals surface area contributed by atoms with Crippen molar-refractivity contribution in [3.05, 3.63) is 53.8 Å². The zero-order chi connectivity index (χ0) is 18.0. The lowest BCUT2D eigenvalue weighted by molar-refractivity contribution is -0.141. The van der Waals surface area contributed by atoms with Gasteiger partial charge in [-0.3, -0.25) is 9.48 Å². The van der Waals surface area contributed by atoms with Crippen molar-refractivity contribution in [3.63, 3.8) is 0 Å². The number of hydrogen-bond acceptors (Lipinski definition) is 4. The summed E-state index contributed by atoms with van der Waals surface area (Å²) in [6.07, 6.45) is -0.773. The Hall–Kier alpha value is -2.88. The lowest BCUT2D eigenvalue weighted by atomic mass is 10.2. The van der Waals surface area contributed by atoms with Crippen molar-refractivity contribution >= 4 is 23.2 Å². The van der Waals surface area contributed by atoms with E-state index in [9.17, 15) is 18.0 Å². The molecule has 0 atom stereocenters. The van der Waals surface area contributed by atoms with Crippen LogP contribution in [0.2, 0.25) is 5.02 Å². The van der Waals surface area contributed by atoms with Gasteiger partial charge < -0.3 is 5.32 Å². The molecule has 0 saturated carbocycles. The number of alkyl halides is 3. The molecule has 3 aromatic rings. The van der Waals surface area contributed by atoms with Gasteiger partial charge in [-0.25, -0.2) is 9.67 Å². The van der Waals surface area contributed by atoms with Gasteiger partial charge in [0.25, 0.3) is 0 Å². The monoisotopic (exact) mass is 370 g/mol. The molecule has 0 spiro atoms. The summed E-state index contributed by atoms with van der Waals surface area (Å²) in [6.45, 7) is -0.389. The summed E-state index contributed by atoms with van der Waals surface area (Å²) in [6, 6.07) is 5.61. The minimum atomic E-state index is -4.56. The van der Waals surface area contributed by atoms with Crippen LogP contribution in [0.5, 0.6) is 0 Å². The van der Waals surface area contributed by atoms with Gasteiger partial charge >= 0.3 is 6.18 Å². The fourth-order valence-electron chi connectivity index (χ4n) is 2.11. The molecule has 0 bridgehead atoms. The molecule has 0 fully saturated rings. The number of carbonyl (C=O) groups excluding carboxylic acids is 1. The molecule has 7 nitrogen and oxygen atoms in total. The molecule has 1 aromatic carbocycles. The largest absolute Gasteiger partial charge is 0.435 e. The number of aromatic nitrogens is 5. The van der Waals surface area contributed by atoms with Crippen molar-refractivity contribution in [1.82, 2.24) is 24.5 Å². The van der Waals surface area contributed by atoms with Gasteiger partial charge in [0.05, 0.1) is 10.7 Å². The molecule has 2 aromatic heterocycles. The molecule has 11 heteroatoms. The zero-order valence-corrected chi connectivity index (χ0v) is 13.2. The van der Waals surface area contributed by atoms with Crippen LogP contribution in [0.3, 0.4) is 0 Å². The van der Waals surface area contributed by atoms with Gasteiger partial charge in [0.15, 0.2) is 5.69 Å². The maximum atomic E-state index is 12.5. The quantitative estimate of drug-likeness (QED) is 0.766. The second kappa shape index (κ2) is 6.55. The molecule has 130 valence electrons. The fraction of sp³-hybridized carbons (Fsp3) is 0.143. The molecule has 0 aliphatic rings. The van der Waals surface area contributed by atoms with Crippen LogP contribution in [0, 0.1) is 0 Å². The van der Waals surface area contributed by atoms with E-state index in [-0.39, 0.29) is 6.54 Å². The predicted octanol–water partition coefficient (Wildman–Crippen LogP) is 2.77. The molecular formula is C14H10ClF3N6O. The molecular weight excluding hydrogens is 361 g/mol. The number of amides is 1. The Morgan fingerprint density at radius 1 is 1.28 bits per heavy atom. The van der Waals surface area contributed by atoms with Crippen molar-refractivity contribution in [1.29, 1.82) is 0 Å². The van der Waals surface area contributed by atoms with Crippen molar-refractivity contribution in [2.75, 3.05) is 5.32 Å². The number of benzene rings is 1. The zero-order valence-electron chi connectivity index (χ0n) is 12.4. The van der Waals surface area contributed by atoms with Gasteiger partial charge in [0.2, 0.25) is 5.91 Å². The average molecular weight is 371 g/mol. The first-order chi connectivity index (χ1) is 11.8. The minimum Gasteiger partial charge on any atom is -0.323 e. The highest BCUT2D eigenvalue weighted by molar-refractivity contribution is 6.33. The maximum absolute atomic E-state index is 12.5. The molecule has 0 saturated heterocycles. The Morgan fingerprint density at radius 3 is 2.72 bits per heavy atom. The SMILES string of the molecule is O=C(Cn1ccc(C(F)(F)F)n1)Nc1cccc(Cl)c1-n1cncn1. The van der Waals surface area contributed by atoms with E-state index in [4.69, 9.17) is 11.6 Å². The summed E-state index contributed by atoms with van der Waals surface area (Å²) in [4.78, 5) is 15.9. The summed E-state index contributed by atoms with van der Waals surface area (Å²) in [5.74, 6) is -0.569. The maximum Gasteiger partial charge on any atom is 0.435 e. The molecule has 0 radical (unpaired) electrons.